The number of aryl methyl sites for hydroxylation is 1. The first-order valence-electron chi connectivity index (χ1n) is 9.72. The number of nitrogens with two attached hydrogens (primary N) is 2. The van der Waals surface area contributed by atoms with Gasteiger partial charge in [-0.25, -0.2) is 4.68 Å². The SMILES string of the molecule is Cc1cccc(Cn2nnc(-c3nnc(SCC(N)=O)n3C[C@H]3CCCO3)c2N)c1. The second-order valence-corrected chi connectivity index (χ2v) is 8.22. The van der Waals surface area contributed by atoms with Crippen LogP contribution in [-0.2, 0) is 22.6 Å². The van der Waals surface area contributed by atoms with Crippen molar-refractivity contribution in [3.05, 3.63) is 35.4 Å². The Hall–Kier alpha value is -2.92. The molecule has 158 valence electrons. The Morgan fingerprint density at radius 1 is 1.33 bits per heavy atom. The summed E-state index contributed by atoms with van der Waals surface area (Å²) in [6.07, 6.45) is 2.02. The molecule has 11 heteroatoms. The number of anilines is 1. The second kappa shape index (κ2) is 8.84. The van der Waals surface area contributed by atoms with E-state index >= 15 is 0 Å². The number of benzene rings is 1. The maximum absolute atomic E-state index is 11.2. The van der Waals surface area contributed by atoms with Gasteiger partial charge >= 0.3 is 0 Å². The monoisotopic (exact) mass is 428 g/mol. The average molecular weight is 429 g/mol. The summed E-state index contributed by atoms with van der Waals surface area (Å²) in [6, 6.07) is 8.14. The van der Waals surface area contributed by atoms with E-state index in [9.17, 15) is 4.79 Å². The third-order valence-electron chi connectivity index (χ3n) is 4.87. The van der Waals surface area contributed by atoms with Crippen molar-refractivity contribution < 1.29 is 9.53 Å². The first-order valence-corrected chi connectivity index (χ1v) is 10.7. The molecule has 0 radical (unpaired) electrons. The standard InChI is InChI=1S/C19H24N8O2S/c1-12-4-2-5-13(8-12)9-27-17(21)16(22-25-27)18-23-24-19(30-11-15(20)28)26(18)10-14-6-3-7-29-14/h2,4-5,8,14H,3,6-7,9-11,21H2,1H3,(H2,20,28)/t14-/m1/s1. The highest BCUT2D eigenvalue weighted by Crippen LogP contribution is 2.28. The predicted molar refractivity (Wildman–Crippen MR) is 113 cm³/mol. The number of amides is 1. The molecule has 30 heavy (non-hydrogen) atoms. The summed E-state index contributed by atoms with van der Waals surface area (Å²) in [7, 11) is 0. The van der Waals surface area contributed by atoms with Crippen LogP contribution in [0.4, 0.5) is 5.82 Å². The Morgan fingerprint density at radius 3 is 2.93 bits per heavy atom. The second-order valence-electron chi connectivity index (χ2n) is 7.28. The van der Waals surface area contributed by atoms with Crippen LogP contribution in [0.15, 0.2) is 29.4 Å². The van der Waals surface area contributed by atoms with Crippen molar-refractivity contribution in [2.24, 2.45) is 5.73 Å². The molecule has 0 unspecified atom stereocenters. The molecule has 0 saturated carbocycles. The van der Waals surface area contributed by atoms with Crippen molar-refractivity contribution >= 4 is 23.5 Å². The van der Waals surface area contributed by atoms with Crippen LogP contribution in [0.5, 0.6) is 0 Å². The number of carbonyl (C=O) groups is 1. The summed E-state index contributed by atoms with van der Waals surface area (Å²) in [4.78, 5) is 11.2. The topological polar surface area (TPSA) is 140 Å². The molecule has 3 aromatic rings. The number of carbonyl (C=O) groups excluding carboxylic acids is 1. The van der Waals surface area contributed by atoms with Gasteiger partial charge in [-0.05, 0) is 25.3 Å². The minimum Gasteiger partial charge on any atom is -0.382 e. The molecule has 10 nitrogen and oxygen atoms in total. The molecule has 1 aliphatic heterocycles. The van der Waals surface area contributed by atoms with Gasteiger partial charge in [-0.2, -0.15) is 0 Å². The molecule has 0 spiro atoms. The molecule has 1 saturated heterocycles. The highest BCUT2D eigenvalue weighted by atomic mass is 32.2. The van der Waals surface area contributed by atoms with Crippen molar-refractivity contribution in [2.45, 2.75) is 44.1 Å². The van der Waals surface area contributed by atoms with E-state index in [4.69, 9.17) is 16.2 Å². The summed E-state index contributed by atoms with van der Waals surface area (Å²) in [5.74, 6) is 0.602. The molecule has 4 rings (SSSR count). The summed E-state index contributed by atoms with van der Waals surface area (Å²) in [6.45, 7) is 3.83. The highest BCUT2D eigenvalue weighted by molar-refractivity contribution is 7.99. The van der Waals surface area contributed by atoms with E-state index in [0.717, 1.165) is 25.0 Å². The van der Waals surface area contributed by atoms with Crippen LogP contribution in [-0.4, -0.2) is 54.1 Å². The van der Waals surface area contributed by atoms with Crippen LogP contribution in [0.1, 0.15) is 24.0 Å². The van der Waals surface area contributed by atoms with E-state index in [1.807, 2.05) is 29.7 Å². The van der Waals surface area contributed by atoms with E-state index in [0.29, 0.717) is 35.6 Å². The van der Waals surface area contributed by atoms with Gasteiger partial charge in [-0.15, -0.1) is 15.3 Å². The molecule has 1 fully saturated rings. The summed E-state index contributed by atoms with van der Waals surface area (Å²) in [5, 5.41) is 17.6. The number of hydrogen-bond acceptors (Lipinski definition) is 8. The van der Waals surface area contributed by atoms with Gasteiger partial charge < -0.3 is 16.2 Å². The van der Waals surface area contributed by atoms with Gasteiger partial charge in [0.1, 0.15) is 0 Å². The third-order valence-corrected chi connectivity index (χ3v) is 5.86. The van der Waals surface area contributed by atoms with Crippen LogP contribution >= 0.6 is 11.8 Å². The fourth-order valence-corrected chi connectivity index (χ4v) is 4.13. The Morgan fingerprint density at radius 2 is 2.20 bits per heavy atom. The van der Waals surface area contributed by atoms with Gasteiger partial charge in [0.05, 0.1) is 24.9 Å². The molecule has 1 aliphatic rings. The highest BCUT2D eigenvalue weighted by Gasteiger charge is 2.25. The predicted octanol–water partition coefficient (Wildman–Crippen LogP) is 1.23. The molecule has 3 heterocycles. The number of thioether (sulfide) groups is 1. The molecule has 1 atom stereocenters. The number of nitrogens with zero attached hydrogens (tertiary/aromatic N) is 6. The number of hydrogen-bond donors (Lipinski definition) is 2. The van der Waals surface area contributed by atoms with Crippen LogP contribution in [0.3, 0.4) is 0 Å². The maximum Gasteiger partial charge on any atom is 0.227 e. The quantitative estimate of drug-likeness (QED) is 0.511. The van der Waals surface area contributed by atoms with Crippen molar-refractivity contribution in [3.63, 3.8) is 0 Å². The normalized spacial score (nSPS) is 16.2. The van der Waals surface area contributed by atoms with Gasteiger partial charge in [0.15, 0.2) is 22.5 Å². The lowest BCUT2D eigenvalue weighted by Gasteiger charge is -2.14. The van der Waals surface area contributed by atoms with Crippen LogP contribution in [0.2, 0.25) is 0 Å². The van der Waals surface area contributed by atoms with Crippen LogP contribution in [0.25, 0.3) is 11.5 Å². The molecular formula is C19H24N8O2S. The van der Waals surface area contributed by atoms with E-state index in [1.54, 1.807) is 4.68 Å². The Balaban J connectivity index is 1.64. The van der Waals surface area contributed by atoms with Gasteiger partial charge in [0, 0.05) is 6.61 Å². The van der Waals surface area contributed by atoms with Crippen molar-refractivity contribution in [2.75, 3.05) is 18.1 Å². The van der Waals surface area contributed by atoms with E-state index in [1.165, 1.54) is 17.3 Å². The third kappa shape index (κ3) is 4.46. The number of primary amides is 1. The fraction of sp³-hybridized carbons (Fsp3) is 0.421. The van der Waals surface area contributed by atoms with Crippen LogP contribution < -0.4 is 11.5 Å². The fourth-order valence-electron chi connectivity index (χ4n) is 3.44. The average Bonchev–Trinajstić information content (AvgIpc) is 3.43. The minimum absolute atomic E-state index is 0.0521. The zero-order chi connectivity index (χ0) is 21.1. The van der Waals surface area contributed by atoms with Crippen molar-refractivity contribution in [3.8, 4) is 11.5 Å². The molecule has 4 N–H and O–H groups in total. The summed E-state index contributed by atoms with van der Waals surface area (Å²) >= 11 is 1.23. The van der Waals surface area contributed by atoms with Crippen molar-refractivity contribution in [1.29, 1.82) is 0 Å². The van der Waals surface area contributed by atoms with Gasteiger partial charge in [0.2, 0.25) is 5.91 Å². The zero-order valence-electron chi connectivity index (χ0n) is 16.7. The van der Waals surface area contributed by atoms with Gasteiger partial charge in [-0.3, -0.25) is 9.36 Å². The minimum atomic E-state index is -0.420. The first kappa shape index (κ1) is 20.4. The van der Waals surface area contributed by atoms with Crippen molar-refractivity contribution in [1.82, 2.24) is 29.8 Å². The smallest absolute Gasteiger partial charge is 0.227 e. The van der Waals surface area contributed by atoms with Gasteiger partial charge in [0.25, 0.3) is 0 Å². The number of nitrogen functional groups attached to an aromatic ring is 1. The molecule has 0 aliphatic carbocycles. The zero-order valence-corrected chi connectivity index (χ0v) is 17.5. The Kier molecular flexibility index (Phi) is 6.00. The largest absolute Gasteiger partial charge is 0.382 e. The maximum atomic E-state index is 11.2. The molecule has 2 aromatic heterocycles. The summed E-state index contributed by atoms with van der Waals surface area (Å²) in [5.41, 5.74) is 14.4. The number of aromatic nitrogens is 6. The first-order chi connectivity index (χ1) is 14.5. The lowest BCUT2D eigenvalue weighted by Crippen LogP contribution is -2.18. The number of rotatable bonds is 8. The van der Waals surface area contributed by atoms with E-state index in [-0.39, 0.29) is 11.9 Å². The molecular weight excluding hydrogens is 404 g/mol. The van der Waals surface area contributed by atoms with E-state index in [2.05, 4.69) is 26.6 Å². The lowest BCUT2D eigenvalue weighted by molar-refractivity contribution is -0.115. The number of ether oxygens (including phenoxy) is 1. The van der Waals surface area contributed by atoms with Gasteiger partial charge in [-0.1, -0.05) is 46.8 Å². The molecule has 1 amide bonds. The molecule has 1 aromatic carbocycles. The molecule has 0 bridgehead atoms. The van der Waals surface area contributed by atoms with E-state index < -0.39 is 5.91 Å². The Labute approximate surface area is 178 Å². The van der Waals surface area contributed by atoms with Crippen LogP contribution in [0, 0.1) is 6.92 Å². The Bertz CT molecular complexity index is 1040. The summed E-state index contributed by atoms with van der Waals surface area (Å²) < 4.78 is 9.31. The lowest BCUT2D eigenvalue weighted by atomic mass is 10.1.